The van der Waals surface area contributed by atoms with E-state index in [1.165, 1.54) is 24.9 Å². The number of carbonyl (C=O) groups excluding carboxylic acids is 1. The van der Waals surface area contributed by atoms with Crippen molar-refractivity contribution in [1.29, 1.82) is 0 Å². The van der Waals surface area contributed by atoms with E-state index >= 15 is 0 Å². The first-order valence-electron chi connectivity index (χ1n) is 13.8. The SMILES string of the molecule is COc1ccccc1-c1cc(C(F)F)n2ncc(C(=O)N3CCN(Cc4c(C)nn(-c5ccccc5)c4C)CC3)c2n1. The second-order valence-electron chi connectivity index (χ2n) is 10.3. The molecule has 1 aliphatic rings. The van der Waals surface area contributed by atoms with Gasteiger partial charge >= 0.3 is 0 Å². The van der Waals surface area contributed by atoms with E-state index in [1.807, 2.05) is 41.9 Å². The fraction of sp³-hybridized carbons (Fsp3) is 0.290. The van der Waals surface area contributed by atoms with E-state index in [2.05, 4.69) is 21.9 Å². The van der Waals surface area contributed by atoms with E-state index in [1.54, 1.807) is 29.2 Å². The van der Waals surface area contributed by atoms with Crippen LogP contribution in [0.15, 0.2) is 66.9 Å². The number of hydrogen-bond acceptors (Lipinski definition) is 6. The second-order valence-corrected chi connectivity index (χ2v) is 10.3. The van der Waals surface area contributed by atoms with Crippen molar-refractivity contribution in [3.63, 3.8) is 0 Å². The van der Waals surface area contributed by atoms with Crippen LogP contribution in [0.1, 0.15) is 39.4 Å². The molecule has 0 atom stereocenters. The van der Waals surface area contributed by atoms with Crippen LogP contribution >= 0.6 is 0 Å². The average molecular weight is 572 g/mol. The summed E-state index contributed by atoms with van der Waals surface area (Å²) >= 11 is 0. The van der Waals surface area contributed by atoms with Gasteiger partial charge in [0.15, 0.2) is 5.65 Å². The van der Waals surface area contributed by atoms with Crippen LogP contribution in [-0.4, -0.2) is 73.4 Å². The highest BCUT2D eigenvalue weighted by Crippen LogP contribution is 2.32. The summed E-state index contributed by atoms with van der Waals surface area (Å²) in [7, 11) is 1.51. The number of aryl methyl sites for hydroxylation is 1. The van der Waals surface area contributed by atoms with Crippen molar-refractivity contribution < 1.29 is 18.3 Å². The smallest absolute Gasteiger partial charge is 0.280 e. The first-order valence-corrected chi connectivity index (χ1v) is 13.8. The molecule has 3 aromatic heterocycles. The van der Waals surface area contributed by atoms with Crippen LogP contribution in [0.5, 0.6) is 5.75 Å². The molecular formula is C31H31F2N7O2. The van der Waals surface area contributed by atoms with Crippen molar-refractivity contribution in [3.05, 3.63) is 95.1 Å². The molecule has 6 rings (SSSR count). The lowest BCUT2D eigenvalue weighted by Gasteiger charge is -2.34. The predicted molar refractivity (Wildman–Crippen MR) is 154 cm³/mol. The van der Waals surface area contributed by atoms with Gasteiger partial charge < -0.3 is 9.64 Å². The molecular weight excluding hydrogens is 540 g/mol. The molecule has 0 spiro atoms. The number of ether oxygens (including phenoxy) is 1. The first-order chi connectivity index (χ1) is 20.4. The summed E-state index contributed by atoms with van der Waals surface area (Å²) in [5, 5.41) is 8.89. The lowest BCUT2D eigenvalue weighted by molar-refractivity contribution is 0.0629. The summed E-state index contributed by atoms with van der Waals surface area (Å²) in [6.45, 7) is 7.15. The number of para-hydroxylation sites is 2. The van der Waals surface area contributed by atoms with Gasteiger partial charge in [-0.1, -0.05) is 30.3 Å². The Morgan fingerprint density at radius 1 is 1.00 bits per heavy atom. The molecule has 1 aliphatic heterocycles. The van der Waals surface area contributed by atoms with Crippen LogP contribution in [-0.2, 0) is 6.54 Å². The summed E-state index contributed by atoms with van der Waals surface area (Å²) in [6.07, 6.45) is -1.48. The number of aromatic nitrogens is 5. The molecule has 1 amide bonds. The van der Waals surface area contributed by atoms with Crippen molar-refractivity contribution in [2.24, 2.45) is 0 Å². The molecule has 0 aliphatic carbocycles. The van der Waals surface area contributed by atoms with Crippen LogP contribution < -0.4 is 4.74 Å². The van der Waals surface area contributed by atoms with Gasteiger partial charge in [0.1, 0.15) is 17.0 Å². The zero-order chi connectivity index (χ0) is 29.4. The molecule has 5 aromatic rings. The third-order valence-electron chi connectivity index (χ3n) is 7.82. The molecule has 216 valence electrons. The lowest BCUT2D eigenvalue weighted by Crippen LogP contribution is -2.48. The number of carbonyl (C=O) groups is 1. The second kappa shape index (κ2) is 11.3. The van der Waals surface area contributed by atoms with Crippen molar-refractivity contribution in [3.8, 4) is 22.7 Å². The van der Waals surface area contributed by atoms with Crippen molar-refractivity contribution >= 4 is 11.6 Å². The van der Waals surface area contributed by atoms with Gasteiger partial charge in [-0.3, -0.25) is 9.69 Å². The summed E-state index contributed by atoms with van der Waals surface area (Å²) < 4.78 is 36.6. The summed E-state index contributed by atoms with van der Waals surface area (Å²) in [6, 6.07) is 18.4. The summed E-state index contributed by atoms with van der Waals surface area (Å²) in [4.78, 5) is 22.3. The zero-order valence-electron chi connectivity index (χ0n) is 23.7. The third-order valence-corrected chi connectivity index (χ3v) is 7.82. The Hall–Kier alpha value is -4.64. The number of methoxy groups -OCH3 is 1. The van der Waals surface area contributed by atoms with E-state index in [-0.39, 0.29) is 28.5 Å². The minimum Gasteiger partial charge on any atom is -0.496 e. The molecule has 11 heteroatoms. The Morgan fingerprint density at radius 3 is 2.43 bits per heavy atom. The van der Waals surface area contributed by atoms with Gasteiger partial charge in [-0.25, -0.2) is 23.0 Å². The highest BCUT2D eigenvalue weighted by Gasteiger charge is 2.28. The maximum absolute atomic E-state index is 14.1. The number of alkyl halides is 2. The minimum atomic E-state index is -2.81. The van der Waals surface area contributed by atoms with Crippen LogP contribution in [0.3, 0.4) is 0 Å². The molecule has 1 saturated heterocycles. The third kappa shape index (κ3) is 5.00. The fourth-order valence-electron chi connectivity index (χ4n) is 5.51. The molecule has 0 radical (unpaired) electrons. The highest BCUT2D eigenvalue weighted by molar-refractivity contribution is 6.00. The molecule has 0 saturated carbocycles. The van der Waals surface area contributed by atoms with Crippen molar-refractivity contribution in [1.82, 2.24) is 34.2 Å². The van der Waals surface area contributed by atoms with Gasteiger partial charge in [0, 0.05) is 49.5 Å². The first kappa shape index (κ1) is 27.5. The Bertz CT molecular complexity index is 1740. The molecule has 9 nitrogen and oxygen atoms in total. The Morgan fingerprint density at radius 2 is 1.71 bits per heavy atom. The lowest BCUT2D eigenvalue weighted by atomic mass is 10.1. The monoisotopic (exact) mass is 571 g/mol. The topological polar surface area (TPSA) is 80.8 Å². The number of halogens is 2. The molecule has 0 N–H and O–H groups in total. The van der Waals surface area contributed by atoms with Crippen LogP contribution in [0.2, 0.25) is 0 Å². The number of piperazine rings is 1. The standard InChI is InChI=1S/C31H31F2N7O2/c1-20-25(21(2)39(36-20)22-9-5-4-6-10-22)19-37-13-15-38(16-14-37)31(41)24-18-34-40-27(29(32)33)17-26(35-30(24)40)23-11-7-8-12-28(23)42-3/h4-12,17-18,29H,13-16,19H2,1-3H3. The van der Waals surface area contributed by atoms with E-state index < -0.39 is 6.43 Å². The number of benzene rings is 2. The minimum absolute atomic E-state index is 0.0979. The Balaban J connectivity index is 1.22. The number of rotatable bonds is 7. The maximum atomic E-state index is 14.1. The van der Waals surface area contributed by atoms with E-state index in [9.17, 15) is 13.6 Å². The maximum Gasteiger partial charge on any atom is 0.280 e. The van der Waals surface area contributed by atoms with E-state index in [0.717, 1.165) is 28.1 Å². The molecule has 2 aromatic carbocycles. The quantitative estimate of drug-likeness (QED) is 0.270. The molecule has 42 heavy (non-hydrogen) atoms. The van der Waals surface area contributed by atoms with E-state index in [4.69, 9.17) is 9.84 Å². The average Bonchev–Trinajstić information content (AvgIpc) is 3.57. The van der Waals surface area contributed by atoms with Gasteiger partial charge in [0.05, 0.1) is 30.4 Å². The largest absolute Gasteiger partial charge is 0.496 e. The summed E-state index contributed by atoms with van der Waals surface area (Å²) in [5.41, 5.74) is 5.06. The Kier molecular flexibility index (Phi) is 7.42. The highest BCUT2D eigenvalue weighted by atomic mass is 19.3. The molecule has 0 bridgehead atoms. The normalized spacial score (nSPS) is 14.2. The number of nitrogens with zero attached hydrogens (tertiary/aromatic N) is 7. The van der Waals surface area contributed by atoms with Crippen molar-refractivity contribution in [2.45, 2.75) is 26.8 Å². The Labute approximate surface area is 242 Å². The molecule has 4 heterocycles. The number of amides is 1. The van der Waals surface area contributed by atoms with Crippen LogP contribution in [0.4, 0.5) is 8.78 Å². The van der Waals surface area contributed by atoms with Crippen LogP contribution in [0.25, 0.3) is 22.6 Å². The van der Waals surface area contributed by atoms with Gasteiger partial charge in [0.2, 0.25) is 0 Å². The van der Waals surface area contributed by atoms with E-state index in [0.29, 0.717) is 37.5 Å². The molecule has 1 fully saturated rings. The van der Waals surface area contributed by atoms with Gasteiger partial charge in [-0.2, -0.15) is 10.2 Å². The molecule has 0 unspecified atom stereocenters. The van der Waals surface area contributed by atoms with Gasteiger partial charge in [-0.15, -0.1) is 0 Å². The van der Waals surface area contributed by atoms with Gasteiger partial charge in [0.25, 0.3) is 12.3 Å². The summed E-state index contributed by atoms with van der Waals surface area (Å²) in [5.74, 6) is 0.219. The number of hydrogen-bond donors (Lipinski definition) is 0. The van der Waals surface area contributed by atoms with Crippen molar-refractivity contribution in [2.75, 3.05) is 33.3 Å². The zero-order valence-corrected chi connectivity index (χ0v) is 23.7. The van der Waals surface area contributed by atoms with Gasteiger partial charge in [-0.05, 0) is 44.2 Å². The fourth-order valence-corrected chi connectivity index (χ4v) is 5.51. The predicted octanol–water partition coefficient (Wildman–Crippen LogP) is 5.10. The van der Waals surface area contributed by atoms with Crippen LogP contribution in [0, 0.1) is 13.8 Å². The number of fused-ring (bicyclic) bond motifs is 1.